The number of fused-ring (bicyclic) bond motifs is 1. The van der Waals surface area contributed by atoms with E-state index >= 15 is 0 Å². The van der Waals surface area contributed by atoms with Gasteiger partial charge in [0.25, 0.3) is 5.91 Å². The monoisotopic (exact) mass is 357 g/mol. The van der Waals surface area contributed by atoms with E-state index in [-0.39, 0.29) is 17.9 Å². The van der Waals surface area contributed by atoms with Crippen molar-refractivity contribution in [3.8, 4) is 0 Å². The average Bonchev–Trinajstić information content (AvgIpc) is 3.08. The highest BCUT2D eigenvalue weighted by molar-refractivity contribution is 7.16. The van der Waals surface area contributed by atoms with Crippen LogP contribution in [0.4, 0.5) is 0 Å². The van der Waals surface area contributed by atoms with E-state index in [1.54, 1.807) is 16.8 Å². The van der Waals surface area contributed by atoms with E-state index in [1.807, 2.05) is 35.0 Å². The van der Waals surface area contributed by atoms with E-state index in [9.17, 15) is 9.59 Å². The highest BCUT2D eigenvalue weighted by Gasteiger charge is 2.51. The Balaban J connectivity index is 1.65. The predicted octanol–water partition coefficient (Wildman–Crippen LogP) is 3.16. The molecule has 2 aliphatic rings. The molecule has 1 aromatic heterocycles. The fourth-order valence-electron chi connectivity index (χ4n) is 4.54. The number of nitrogens with zero attached hydrogens (tertiary/aromatic N) is 3. The molecule has 0 unspecified atom stereocenters. The number of piperidine rings is 2. The minimum absolute atomic E-state index is 0.0305. The Labute approximate surface area is 151 Å². The van der Waals surface area contributed by atoms with E-state index in [0.717, 1.165) is 49.0 Å². The number of hydrogen-bond acceptors (Lipinski definition) is 4. The number of rotatable bonds is 1. The molecule has 2 atom stereocenters. The van der Waals surface area contributed by atoms with Crippen LogP contribution in [0.1, 0.15) is 43.0 Å². The third kappa shape index (κ3) is 2.54. The smallest absolute Gasteiger partial charge is 0.254 e. The lowest BCUT2D eigenvalue weighted by Gasteiger charge is -2.51. The highest BCUT2D eigenvalue weighted by Crippen LogP contribution is 2.44. The predicted molar refractivity (Wildman–Crippen MR) is 98.7 cm³/mol. The molecule has 1 aromatic carbocycles. The maximum Gasteiger partial charge on any atom is 0.254 e. The molecule has 0 radical (unpaired) electrons. The molecule has 0 bridgehead atoms. The van der Waals surface area contributed by atoms with Gasteiger partial charge in [-0.2, -0.15) is 0 Å². The molecule has 3 heterocycles. The summed E-state index contributed by atoms with van der Waals surface area (Å²) < 4.78 is 1.03. The van der Waals surface area contributed by atoms with Crippen molar-refractivity contribution in [2.24, 2.45) is 5.41 Å². The summed E-state index contributed by atoms with van der Waals surface area (Å²) >= 11 is 1.55. The molecule has 0 saturated carbocycles. The van der Waals surface area contributed by atoms with E-state index in [1.165, 1.54) is 0 Å². The van der Waals surface area contributed by atoms with Crippen LogP contribution in [0.5, 0.6) is 0 Å². The van der Waals surface area contributed by atoms with E-state index < -0.39 is 5.41 Å². The molecule has 5 nitrogen and oxygen atoms in total. The van der Waals surface area contributed by atoms with Gasteiger partial charge in [-0.05, 0) is 50.8 Å². The van der Waals surface area contributed by atoms with Gasteiger partial charge in [0.2, 0.25) is 5.91 Å². The van der Waals surface area contributed by atoms with Gasteiger partial charge in [0, 0.05) is 31.7 Å². The molecule has 6 heteroatoms. The van der Waals surface area contributed by atoms with Gasteiger partial charge in [0.1, 0.15) is 0 Å². The molecule has 2 fully saturated rings. The number of aromatic nitrogens is 1. The largest absolute Gasteiger partial charge is 0.345 e. The Morgan fingerprint density at radius 3 is 2.84 bits per heavy atom. The summed E-state index contributed by atoms with van der Waals surface area (Å²) in [7, 11) is 1.88. The fraction of sp³-hybridized carbons (Fsp3) is 0.526. The lowest BCUT2D eigenvalue weighted by molar-refractivity contribution is -0.152. The number of benzene rings is 1. The van der Waals surface area contributed by atoms with Gasteiger partial charge < -0.3 is 9.80 Å². The highest BCUT2D eigenvalue weighted by atomic mass is 32.1. The first-order valence-corrected chi connectivity index (χ1v) is 9.81. The van der Waals surface area contributed by atoms with Gasteiger partial charge in [-0.3, -0.25) is 9.59 Å². The number of carbonyl (C=O) groups excluding carboxylic acids is 2. The van der Waals surface area contributed by atoms with Gasteiger partial charge in [-0.15, -0.1) is 11.3 Å². The summed E-state index contributed by atoms with van der Waals surface area (Å²) in [5, 5.41) is 0. The van der Waals surface area contributed by atoms with Crippen LogP contribution in [-0.4, -0.2) is 52.8 Å². The van der Waals surface area contributed by atoms with E-state index in [4.69, 9.17) is 0 Å². The third-order valence-electron chi connectivity index (χ3n) is 6.02. The molecule has 0 aliphatic carbocycles. The number of hydrogen-bond donors (Lipinski definition) is 0. The number of likely N-dealkylation sites (tertiary alicyclic amines) is 2. The van der Waals surface area contributed by atoms with Gasteiger partial charge in [-0.1, -0.05) is 0 Å². The molecule has 2 amide bonds. The van der Waals surface area contributed by atoms with Crippen LogP contribution < -0.4 is 0 Å². The standard InChI is InChI=1S/C19H23N3O2S/c1-13-19(7-3-9-21(2)18(19)24)8-4-10-22(13)17(23)14-5-6-15-16(11-14)25-12-20-15/h5-6,11-13H,3-4,7-10H2,1-2H3/t13-,19-/m0/s1. The first-order chi connectivity index (χ1) is 12.0. The molecule has 2 aliphatic heterocycles. The Morgan fingerprint density at radius 1 is 1.28 bits per heavy atom. The lowest BCUT2D eigenvalue weighted by Crippen LogP contribution is -2.61. The van der Waals surface area contributed by atoms with Crippen LogP contribution in [-0.2, 0) is 4.79 Å². The van der Waals surface area contributed by atoms with Crippen LogP contribution in [0.25, 0.3) is 10.2 Å². The van der Waals surface area contributed by atoms with E-state index in [0.29, 0.717) is 5.56 Å². The minimum atomic E-state index is -0.407. The molecule has 132 valence electrons. The maximum absolute atomic E-state index is 13.2. The normalized spacial score (nSPS) is 27.3. The molecule has 2 aromatic rings. The molecule has 0 N–H and O–H groups in total. The molecule has 4 rings (SSSR count). The molecule has 1 spiro atoms. The first-order valence-electron chi connectivity index (χ1n) is 8.93. The second-order valence-corrected chi connectivity index (χ2v) is 8.19. The summed E-state index contributed by atoms with van der Waals surface area (Å²) in [6.45, 7) is 3.60. The van der Waals surface area contributed by atoms with Crippen molar-refractivity contribution in [1.82, 2.24) is 14.8 Å². The van der Waals surface area contributed by atoms with Crippen molar-refractivity contribution >= 4 is 33.4 Å². The van der Waals surface area contributed by atoms with Gasteiger partial charge in [-0.25, -0.2) is 4.98 Å². The zero-order chi connectivity index (χ0) is 17.6. The number of thiazole rings is 1. The van der Waals surface area contributed by atoms with Crippen molar-refractivity contribution in [1.29, 1.82) is 0 Å². The molecule has 25 heavy (non-hydrogen) atoms. The Bertz CT molecular complexity index is 829. The van der Waals surface area contributed by atoms with E-state index in [2.05, 4.69) is 11.9 Å². The molecular weight excluding hydrogens is 334 g/mol. The summed E-state index contributed by atoms with van der Waals surface area (Å²) in [6, 6.07) is 5.62. The van der Waals surface area contributed by atoms with Gasteiger partial charge in [0.05, 0.1) is 21.1 Å². The van der Waals surface area contributed by atoms with Crippen LogP contribution in [0.2, 0.25) is 0 Å². The summed E-state index contributed by atoms with van der Waals surface area (Å²) in [5.41, 5.74) is 3.01. The zero-order valence-corrected chi connectivity index (χ0v) is 15.5. The maximum atomic E-state index is 13.2. The SMILES string of the molecule is C[C@@H]1N(C(=O)c2ccc3ncsc3c2)CCC[C@@]12CCCN(C)C2=O. The lowest BCUT2D eigenvalue weighted by atomic mass is 9.68. The van der Waals surface area contributed by atoms with Crippen LogP contribution in [0, 0.1) is 5.41 Å². The van der Waals surface area contributed by atoms with Gasteiger partial charge in [0.15, 0.2) is 0 Å². The van der Waals surface area contributed by atoms with Crippen LogP contribution in [0.3, 0.4) is 0 Å². The van der Waals surface area contributed by atoms with Crippen LogP contribution >= 0.6 is 11.3 Å². The molecule has 2 saturated heterocycles. The first kappa shape index (κ1) is 16.5. The summed E-state index contributed by atoms with van der Waals surface area (Å²) in [5.74, 6) is 0.240. The Hall–Kier alpha value is -1.95. The third-order valence-corrected chi connectivity index (χ3v) is 6.81. The average molecular weight is 357 g/mol. The van der Waals surface area contributed by atoms with Crippen molar-refractivity contribution in [2.75, 3.05) is 20.1 Å². The topological polar surface area (TPSA) is 53.5 Å². The number of amides is 2. The number of carbonyl (C=O) groups is 2. The second kappa shape index (κ2) is 6.09. The van der Waals surface area contributed by atoms with Crippen molar-refractivity contribution in [3.05, 3.63) is 29.3 Å². The van der Waals surface area contributed by atoms with Crippen molar-refractivity contribution in [2.45, 2.75) is 38.6 Å². The second-order valence-electron chi connectivity index (χ2n) is 7.30. The van der Waals surface area contributed by atoms with Crippen molar-refractivity contribution < 1.29 is 9.59 Å². The zero-order valence-electron chi connectivity index (χ0n) is 14.7. The Morgan fingerprint density at radius 2 is 2.04 bits per heavy atom. The fourth-order valence-corrected chi connectivity index (χ4v) is 5.25. The minimum Gasteiger partial charge on any atom is -0.345 e. The van der Waals surface area contributed by atoms with Crippen molar-refractivity contribution in [3.63, 3.8) is 0 Å². The summed E-state index contributed by atoms with van der Waals surface area (Å²) in [4.78, 5) is 34.2. The summed E-state index contributed by atoms with van der Waals surface area (Å²) in [6.07, 6.45) is 3.67. The van der Waals surface area contributed by atoms with Crippen LogP contribution in [0.15, 0.2) is 23.7 Å². The quantitative estimate of drug-likeness (QED) is 0.788. The van der Waals surface area contributed by atoms with Gasteiger partial charge >= 0.3 is 0 Å². The molecular formula is C19H23N3O2S. The Kier molecular flexibility index (Phi) is 4.02.